The summed E-state index contributed by atoms with van der Waals surface area (Å²) in [6.45, 7) is 55.7. The van der Waals surface area contributed by atoms with Crippen molar-refractivity contribution in [3.63, 3.8) is 0 Å². The number of para-hydroxylation sites is 2. The van der Waals surface area contributed by atoms with Crippen LogP contribution in [-0.4, -0.2) is 11.1 Å². The largest absolute Gasteiger partial charge is 0.455 e. The monoisotopic (exact) mass is 1850 g/mol. The minimum Gasteiger partial charge on any atom is -0.455 e. The van der Waals surface area contributed by atoms with E-state index in [2.05, 4.69) is 458 Å². The minimum absolute atomic E-state index is 0.000954. The van der Waals surface area contributed by atoms with E-state index in [0.29, 0.717) is 0 Å². The van der Waals surface area contributed by atoms with Crippen LogP contribution in [-0.2, 0) is 43.3 Å². The zero-order valence-corrected chi connectivity index (χ0v) is 86.2. The fourth-order valence-corrected chi connectivity index (χ4v) is 22.6. The highest BCUT2D eigenvalue weighted by Gasteiger charge is 2.60. The molecule has 14 aromatic carbocycles. The van der Waals surface area contributed by atoms with Crippen molar-refractivity contribution in [3.8, 4) is 44.5 Å². The Morgan fingerprint density at radius 3 is 1.10 bits per heavy atom. The maximum absolute atomic E-state index is 7.14. The zero-order chi connectivity index (χ0) is 95.5. The summed E-state index contributed by atoms with van der Waals surface area (Å²) >= 11 is 10.0. The Morgan fingerprint density at radius 2 is 0.687 bits per heavy atom. The van der Waals surface area contributed by atoms with Crippen molar-refractivity contribution < 1.29 is 8.83 Å². The van der Waals surface area contributed by atoms with E-state index >= 15 is 0 Å². The molecule has 6 nitrogen and oxygen atoms in total. The van der Waals surface area contributed by atoms with Crippen LogP contribution < -0.4 is 20.4 Å². The van der Waals surface area contributed by atoms with Crippen molar-refractivity contribution in [3.05, 3.63) is 356 Å². The van der Waals surface area contributed by atoms with E-state index in [1.165, 1.54) is 156 Å². The molecule has 4 unspecified atom stereocenters. The molecule has 4 atom stereocenters. The molecule has 2 aromatic heterocycles. The van der Waals surface area contributed by atoms with Gasteiger partial charge >= 0.3 is 0 Å². The molecule has 0 bridgehead atoms. The van der Waals surface area contributed by atoms with Gasteiger partial charge in [0.15, 0.2) is 5.58 Å². The van der Waals surface area contributed by atoms with Crippen LogP contribution in [0.5, 0.6) is 0 Å². The van der Waals surface area contributed by atoms with Crippen molar-refractivity contribution in [1.82, 2.24) is 0 Å². The summed E-state index contributed by atoms with van der Waals surface area (Å²) in [4.78, 5) is 7.90. The highest BCUT2D eigenvalue weighted by molar-refractivity contribution is 9.10. The van der Waals surface area contributed by atoms with E-state index in [9.17, 15) is 0 Å². The Kier molecular flexibility index (Phi) is 24.9. The molecule has 0 radical (unpaired) electrons. The highest BCUT2D eigenvalue weighted by atomic mass is 79.9. The molecule has 2 aliphatic carbocycles. The van der Waals surface area contributed by atoms with Gasteiger partial charge in [-0.2, -0.15) is 0 Å². The molecular formula is C126H138BrClN4O2. The lowest BCUT2D eigenvalue weighted by atomic mass is 9.61. The van der Waals surface area contributed by atoms with E-state index < -0.39 is 0 Å². The number of halogens is 2. The molecule has 2 fully saturated rings. The van der Waals surface area contributed by atoms with Crippen molar-refractivity contribution in [2.24, 2.45) is 0 Å². The van der Waals surface area contributed by atoms with Crippen molar-refractivity contribution in [1.29, 1.82) is 0 Å². The quantitative estimate of drug-likeness (QED) is 0.145. The van der Waals surface area contributed by atoms with Crippen molar-refractivity contribution >= 4 is 117 Å². The molecule has 2 aliphatic heterocycles. The Labute approximate surface area is 812 Å². The Hall–Kier alpha value is -11.4. The third kappa shape index (κ3) is 17.7. The number of aryl methyl sites for hydroxylation is 2. The molecule has 8 heteroatoms. The molecule has 0 amide bonds. The van der Waals surface area contributed by atoms with E-state index in [1.807, 2.05) is 30.3 Å². The lowest BCUT2D eigenvalue weighted by Crippen LogP contribution is -2.54. The molecule has 0 spiro atoms. The van der Waals surface area contributed by atoms with Gasteiger partial charge in [0.1, 0.15) is 16.7 Å². The van der Waals surface area contributed by atoms with Gasteiger partial charge in [0.2, 0.25) is 0 Å². The first-order valence-electron chi connectivity index (χ1n) is 48.8. The number of rotatable bonds is 9. The number of anilines is 8. The third-order valence-electron chi connectivity index (χ3n) is 30.3. The maximum Gasteiger partial charge on any atom is 0.159 e. The summed E-state index contributed by atoms with van der Waals surface area (Å²) in [5.41, 5.74) is 42.7. The van der Waals surface area contributed by atoms with Crippen LogP contribution in [0.1, 0.15) is 259 Å². The fraction of sp³-hybridized carbons (Fsp3) is 0.333. The number of benzene rings is 14. The average molecular weight is 1860 g/mol. The van der Waals surface area contributed by atoms with Gasteiger partial charge in [0.05, 0.1) is 26.9 Å². The highest BCUT2D eigenvalue weighted by Crippen LogP contribution is 2.65. The van der Waals surface area contributed by atoms with E-state index in [-0.39, 0.29) is 54.4 Å². The van der Waals surface area contributed by atoms with E-state index in [1.54, 1.807) is 0 Å². The number of furan rings is 2. The SMILES string of the molecule is CC(C)(C)c1cc(-c2ccccc2)c(N)c(-c2ccccc2)c1.CC(C)(C)c1ccc2oc3c(Br)cccc3c2c1.Cc1cc(Cl)cc(N2c3ccc(C(C)(C)C)cc3C3(C)CCCCC23C)c1.Cc1cc(N(c2c(-c3ccccc3)cc(C(C)(C)C)cc2-c2ccccc2)c2cccc3c2oc2ccc(C(C)(C)C)cc23)cc(N2c3ccc(C(C)(C)C)cc3C3(C)CCCCC23C)c1. The first-order valence-corrected chi connectivity index (χ1v) is 49.9. The van der Waals surface area contributed by atoms with Crippen LogP contribution >= 0.6 is 27.5 Å². The normalized spacial score (nSPS) is 18.4. The number of hydrogen-bond donors (Lipinski definition) is 1. The van der Waals surface area contributed by atoms with Gasteiger partial charge in [-0.25, -0.2) is 0 Å². The summed E-state index contributed by atoms with van der Waals surface area (Å²) in [5, 5.41) is 5.45. The Balaban J connectivity index is 0.000000148. The number of nitrogens with two attached hydrogens (primary N) is 1. The van der Waals surface area contributed by atoms with Crippen LogP contribution in [0, 0.1) is 13.8 Å². The van der Waals surface area contributed by atoms with Gasteiger partial charge in [0.25, 0.3) is 0 Å². The van der Waals surface area contributed by atoms with E-state index in [4.69, 9.17) is 26.2 Å². The molecule has 4 heterocycles. The first kappa shape index (κ1) is 94.4. The average Bonchev–Trinajstić information content (AvgIpc) is 1.53. The number of fused-ring (bicyclic) bond motifs is 12. The fourth-order valence-electron chi connectivity index (χ4n) is 21.9. The number of nitrogens with zero attached hydrogens (tertiary/aromatic N) is 3. The molecule has 134 heavy (non-hydrogen) atoms. The molecule has 4 aliphatic rings. The van der Waals surface area contributed by atoms with E-state index in [0.717, 1.165) is 94.0 Å². The van der Waals surface area contributed by atoms with Crippen LogP contribution in [0.3, 0.4) is 0 Å². The van der Waals surface area contributed by atoms with Gasteiger partial charge in [-0.1, -0.05) is 358 Å². The molecule has 2 saturated carbocycles. The number of hydrogen-bond acceptors (Lipinski definition) is 6. The van der Waals surface area contributed by atoms with Crippen LogP contribution in [0.15, 0.2) is 304 Å². The molecule has 20 rings (SSSR count). The lowest BCUT2D eigenvalue weighted by Gasteiger charge is -2.50. The topological polar surface area (TPSA) is 62.0 Å². The standard InChI is InChI=1S/C63H68N2O.C25H32ClN.C22H23N.C16H15BrO/c1-41-34-47(40-48(35-41)65-54-30-28-45(60(5,6)7)39-53(54)62(11)32-19-20-33-63(62,65)12)64(55-27-21-26-49-52-36-44(59(2,3)4)29-31-56(52)66-58(49)55)57-50(42-22-15-13-16-23-42)37-46(61(8,9)10)38-51(57)43-24-17-14-18-25-43;1-17-13-19(26)16-20(14-17)27-22-10-9-18(23(2,3)4)15-21(22)24(5)11-7-8-12-25(24,27)6;1-22(2,3)18-14-19(16-10-6-4-7-11-16)21(23)20(15-18)17-12-8-5-9-13-17;1-16(2,3)10-7-8-14-12(9-10)11-5-4-6-13(17)15(11)18-14/h13-18,21-31,34-40H,19-20,32-33H2,1-12H3;9-10,13-16H,7-8,11-12H2,1-6H3;4-15H,23H2,1-3H3;4-9H,1-3H3. The van der Waals surface area contributed by atoms with Gasteiger partial charge < -0.3 is 29.3 Å². The Morgan fingerprint density at radius 1 is 0.336 bits per heavy atom. The van der Waals surface area contributed by atoms with Gasteiger partial charge in [-0.3, -0.25) is 0 Å². The first-order chi connectivity index (χ1) is 63.2. The minimum atomic E-state index is -0.109. The third-order valence-corrected chi connectivity index (χ3v) is 31.1. The number of nitrogen functional groups attached to an aromatic ring is 1. The zero-order valence-electron chi connectivity index (χ0n) is 83.9. The van der Waals surface area contributed by atoms with Crippen molar-refractivity contribution in [2.45, 2.75) is 272 Å². The smallest absolute Gasteiger partial charge is 0.159 e. The summed E-state index contributed by atoms with van der Waals surface area (Å²) in [6.07, 6.45) is 9.86. The second kappa shape index (κ2) is 35.4. The van der Waals surface area contributed by atoms with Crippen LogP contribution in [0.25, 0.3) is 88.4 Å². The van der Waals surface area contributed by atoms with Crippen LogP contribution in [0.4, 0.5) is 45.5 Å². The van der Waals surface area contributed by atoms with Gasteiger partial charge in [-0.05, 0) is 289 Å². The molecule has 16 aromatic rings. The summed E-state index contributed by atoms with van der Waals surface area (Å²) in [6, 6.07) is 107. The second-order valence-corrected chi connectivity index (χ2v) is 47.2. The second-order valence-electron chi connectivity index (χ2n) is 45.9. The molecule has 2 N–H and O–H groups in total. The predicted molar refractivity (Wildman–Crippen MR) is 581 cm³/mol. The Bertz CT molecular complexity index is 6940. The van der Waals surface area contributed by atoms with Gasteiger partial charge in [-0.15, -0.1) is 0 Å². The van der Waals surface area contributed by atoms with Gasteiger partial charge in [0, 0.05) is 93.8 Å². The molecular weight excluding hydrogens is 1720 g/mol. The summed E-state index contributed by atoms with van der Waals surface area (Å²) in [5.74, 6) is 0. The molecule has 688 valence electrons. The summed E-state index contributed by atoms with van der Waals surface area (Å²) in [7, 11) is 0. The summed E-state index contributed by atoms with van der Waals surface area (Å²) < 4.78 is 14.0. The lowest BCUT2D eigenvalue weighted by molar-refractivity contribution is 0.194. The van der Waals surface area contributed by atoms with Crippen LogP contribution in [0.2, 0.25) is 5.02 Å². The molecule has 0 saturated heterocycles. The predicted octanol–water partition coefficient (Wildman–Crippen LogP) is 37.6. The maximum atomic E-state index is 7.14. The van der Waals surface area contributed by atoms with Crippen molar-refractivity contribution in [2.75, 3.05) is 20.4 Å².